The average molecular weight is 245 g/mol. The number of carbonyl (C=O) groups excluding carboxylic acids is 1. The third-order valence-corrected chi connectivity index (χ3v) is 2.80. The lowest BCUT2D eigenvalue weighted by atomic mass is 10.2. The number of likely N-dealkylation sites (N-methyl/N-ethyl adjacent to an activating group) is 1. The molecule has 1 unspecified atom stereocenters. The van der Waals surface area contributed by atoms with Crippen molar-refractivity contribution in [3.8, 4) is 0 Å². The van der Waals surface area contributed by atoms with Crippen LogP contribution >= 0.6 is 0 Å². The zero-order chi connectivity index (χ0) is 12.5. The maximum absolute atomic E-state index is 11.8. The average Bonchev–Trinajstić information content (AvgIpc) is 3.11. The van der Waals surface area contributed by atoms with Gasteiger partial charge in [0.2, 0.25) is 5.79 Å². The molecule has 2 aliphatic heterocycles. The lowest BCUT2D eigenvalue weighted by Gasteiger charge is -2.37. The first-order valence-electron chi connectivity index (χ1n) is 5.74. The molecule has 2 saturated heterocycles. The van der Waals surface area contributed by atoms with Gasteiger partial charge in [-0.2, -0.15) is 0 Å². The molecule has 0 aromatic rings. The van der Waals surface area contributed by atoms with Crippen molar-refractivity contribution in [3.05, 3.63) is 0 Å². The summed E-state index contributed by atoms with van der Waals surface area (Å²) in [7, 11) is 3.35. The largest absolute Gasteiger partial charge is 0.371 e. The maximum Gasteiger partial charge on any atom is 0.282 e. The summed E-state index contributed by atoms with van der Waals surface area (Å²) < 4.78 is 21.5. The quantitative estimate of drug-likeness (QED) is 0.632. The topological polar surface area (TPSA) is 60.5 Å². The van der Waals surface area contributed by atoms with Gasteiger partial charge in [0, 0.05) is 14.1 Å². The van der Waals surface area contributed by atoms with E-state index in [1.165, 1.54) is 4.90 Å². The van der Waals surface area contributed by atoms with Crippen LogP contribution in [0.1, 0.15) is 6.92 Å². The second kappa shape index (κ2) is 4.89. The van der Waals surface area contributed by atoms with Crippen LogP contribution in [0, 0.1) is 0 Å². The highest BCUT2D eigenvalue weighted by molar-refractivity contribution is 5.82. The van der Waals surface area contributed by atoms with Crippen LogP contribution in [0.15, 0.2) is 0 Å². The van der Waals surface area contributed by atoms with Crippen LogP contribution < -0.4 is 0 Å². The molecule has 6 heteroatoms. The molecule has 0 spiro atoms. The third kappa shape index (κ3) is 3.16. The van der Waals surface area contributed by atoms with Crippen LogP contribution in [0.2, 0.25) is 0 Å². The van der Waals surface area contributed by atoms with Gasteiger partial charge in [-0.25, -0.2) is 0 Å². The summed E-state index contributed by atoms with van der Waals surface area (Å²) >= 11 is 0. The first-order chi connectivity index (χ1) is 8.01. The Balaban J connectivity index is 1.77. The molecule has 2 rings (SSSR count). The number of epoxide rings is 1. The molecule has 17 heavy (non-hydrogen) atoms. The van der Waals surface area contributed by atoms with Crippen LogP contribution in [-0.2, 0) is 23.7 Å². The van der Waals surface area contributed by atoms with Gasteiger partial charge in [0.05, 0.1) is 26.4 Å². The van der Waals surface area contributed by atoms with Crippen LogP contribution in [-0.4, -0.2) is 69.3 Å². The molecule has 0 aromatic heterocycles. The van der Waals surface area contributed by atoms with E-state index in [9.17, 15) is 4.79 Å². The fourth-order valence-electron chi connectivity index (χ4n) is 1.63. The van der Waals surface area contributed by atoms with Crippen LogP contribution in [0.4, 0.5) is 0 Å². The number of ether oxygens (including phenoxy) is 4. The minimum absolute atomic E-state index is 0.123. The summed E-state index contributed by atoms with van der Waals surface area (Å²) in [6.45, 7) is 3.70. The fraction of sp³-hybridized carbons (Fsp3) is 0.909. The van der Waals surface area contributed by atoms with Crippen molar-refractivity contribution in [1.82, 2.24) is 4.90 Å². The molecule has 6 nitrogen and oxygen atoms in total. The summed E-state index contributed by atoms with van der Waals surface area (Å²) in [4.78, 5) is 13.3. The van der Waals surface area contributed by atoms with Gasteiger partial charge in [-0.3, -0.25) is 4.79 Å². The molecule has 2 heterocycles. The summed E-state index contributed by atoms with van der Waals surface area (Å²) in [5.41, 5.74) is 0. The fourth-order valence-corrected chi connectivity index (χ4v) is 1.63. The first kappa shape index (κ1) is 12.8. The molecule has 0 aromatic carbocycles. The van der Waals surface area contributed by atoms with Crippen molar-refractivity contribution in [1.29, 1.82) is 0 Å². The molecule has 0 radical (unpaired) electrons. The van der Waals surface area contributed by atoms with Crippen molar-refractivity contribution < 1.29 is 23.7 Å². The van der Waals surface area contributed by atoms with E-state index in [1.807, 2.05) is 0 Å². The number of hydrogen-bond donors (Lipinski definition) is 0. The van der Waals surface area contributed by atoms with E-state index >= 15 is 0 Å². The minimum Gasteiger partial charge on any atom is -0.371 e. The van der Waals surface area contributed by atoms with Crippen molar-refractivity contribution in [3.63, 3.8) is 0 Å². The maximum atomic E-state index is 11.8. The van der Waals surface area contributed by atoms with Gasteiger partial charge in [-0.15, -0.1) is 0 Å². The Labute approximate surface area is 101 Å². The van der Waals surface area contributed by atoms with E-state index in [1.54, 1.807) is 21.0 Å². The highest BCUT2D eigenvalue weighted by Gasteiger charge is 2.42. The molecule has 0 bridgehead atoms. The Morgan fingerprint density at radius 2 is 1.94 bits per heavy atom. The van der Waals surface area contributed by atoms with Crippen LogP contribution in [0.3, 0.4) is 0 Å². The number of nitrogens with zero attached hydrogens (tertiary/aromatic N) is 1. The molecule has 0 N–H and O–H groups in total. The van der Waals surface area contributed by atoms with Gasteiger partial charge in [0.1, 0.15) is 12.2 Å². The minimum atomic E-state index is -1.18. The Morgan fingerprint density at radius 3 is 2.41 bits per heavy atom. The predicted molar refractivity (Wildman–Crippen MR) is 58.5 cm³/mol. The molecule has 2 aliphatic rings. The van der Waals surface area contributed by atoms with Crippen LogP contribution in [0.5, 0.6) is 0 Å². The summed E-state index contributed by atoms with van der Waals surface area (Å²) in [5, 5.41) is 0. The zero-order valence-corrected chi connectivity index (χ0v) is 10.5. The highest BCUT2D eigenvalue weighted by Crippen LogP contribution is 2.22. The van der Waals surface area contributed by atoms with E-state index in [2.05, 4.69) is 0 Å². The Bertz CT molecular complexity index is 282. The Morgan fingerprint density at radius 1 is 1.35 bits per heavy atom. The van der Waals surface area contributed by atoms with E-state index in [0.29, 0.717) is 19.8 Å². The molecule has 2 fully saturated rings. The van der Waals surface area contributed by atoms with Crippen molar-refractivity contribution in [2.75, 3.05) is 40.5 Å². The number of carbonyl (C=O) groups is 1. The molecular weight excluding hydrogens is 226 g/mol. The van der Waals surface area contributed by atoms with Gasteiger partial charge in [0.25, 0.3) is 5.91 Å². The van der Waals surface area contributed by atoms with Gasteiger partial charge >= 0.3 is 0 Å². The van der Waals surface area contributed by atoms with E-state index in [0.717, 1.165) is 6.61 Å². The Kier molecular flexibility index (Phi) is 3.67. The second-order valence-corrected chi connectivity index (χ2v) is 4.68. The number of hydrogen-bond acceptors (Lipinski definition) is 5. The number of rotatable bonds is 4. The predicted octanol–water partition coefficient (Wildman–Crippen LogP) is -0.378. The summed E-state index contributed by atoms with van der Waals surface area (Å²) in [6.07, 6.45) is 0.106. The van der Waals surface area contributed by atoms with Crippen molar-refractivity contribution in [2.45, 2.75) is 24.9 Å². The van der Waals surface area contributed by atoms with Crippen molar-refractivity contribution >= 4 is 5.91 Å². The van der Waals surface area contributed by atoms with Gasteiger partial charge in [-0.1, -0.05) is 0 Å². The summed E-state index contributed by atoms with van der Waals surface area (Å²) in [6, 6.07) is 0. The molecule has 98 valence electrons. The molecule has 0 saturated carbocycles. The SMILES string of the molecule is CN(C)C(=O)C1(C)OCC(OCC2CO2)CO1. The lowest BCUT2D eigenvalue weighted by molar-refractivity contribution is -0.279. The molecular formula is C11H19NO5. The second-order valence-electron chi connectivity index (χ2n) is 4.68. The standard InChI is InChI=1S/C11H19NO5/c1-11(10(13)12(2)3)16-6-9(7-17-11)15-5-8-4-14-8/h8-9H,4-7H2,1-3H3. The monoisotopic (exact) mass is 245 g/mol. The van der Waals surface area contributed by atoms with E-state index in [-0.39, 0.29) is 18.1 Å². The van der Waals surface area contributed by atoms with Gasteiger partial charge in [0.15, 0.2) is 0 Å². The third-order valence-electron chi connectivity index (χ3n) is 2.80. The lowest BCUT2D eigenvalue weighted by Crippen LogP contribution is -2.54. The molecule has 0 aliphatic carbocycles. The first-order valence-corrected chi connectivity index (χ1v) is 5.74. The van der Waals surface area contributed by atoms with Crippen molar-refractivity contribution in [2.24, 2.45) is 0 Å². The van der Waals surface area contributed by atoms with Gasteiger partial charge in [-0.05, 0) is 6.92 Å². The number of amides is 1. The summed E-state index contributed by atoms with van der Waals surface area (Å²) in [5.74, 6) is -1.37. The Hall–Kier alpha value is -0.690. The zero-order valence-electron chi connectivity index (χ0n) is 10.5. The van der Waals surface area contributed by atoms with E-state index in [4.69, 9.17) is 18.9 Å². The normalized spacial score (nSPS) is 36.6. The molecule has 1 amide bonds. The highest BCUT2D eigenvalue weighted by atomic mass is 16.7. The van der Waals surface area contributed by atoms with Crippen LogP contribution in [0.25, 0.3) is 0 Å². The van der Waals surface area contributed by atoms with E-state index < -0.39 is 5.79 Å². The smallest absolute Gasteiger partial charge is 0.282 e. The molecule has 1 atom stereocenters. The van der Waals surface area contributed by atoms with Gasteiger partial charge < -0.3 is 23.8 Å².